The van der Waals surface area contributed by atoms with E-state index in [4.69, 9.17) is 9.02 Å². The highest BCUT2D eigenvalue weighted by Crippen LogP contribution is 2.47. The van der Waals surface area contributed by atoms with Crippen LogP contribution in [0.4, 0.5) is 17.1 Å². The Balaban J connectivity index is 1.33. The molecule has 2 heterocycles. The normalized spacial score (nSPS) is 20.2. The summed E-state index contributed by atoms with van der Waals surface area (Å²) in [7, 11) is -4.06. The maximum absolute atomic E-state index is 13.7. The van der Waals surface area contributed by atoms with Crippen LogP contribution in [0.25, 0.3) is 0 Å². The molecule has 206 valence electrons. The molecule has 0 N–H and O–H groups in total. The molecule has 2 aliphatic rings. The van der Waals surface area contributed by atoms with E-state index in [0.717, 1.165) is 4.90 Å². The molecule has 4 aromatic rings. The topological polar surface area (TPSA) is 136 Å². The van der Waals surface area contributed by atoms with E-state index in [-0.39, 0.29) is 22.0 Å². The zero-order chi connectivity index (χ0) is 28.7. The molecule has 12 heteroatoms. The van der Waals surface area contributed by atoms with E-state index in [0.29, 0.717) is 11.3 Å². The van der Waals surface area contributed by atoms with E-state index in [1.54, 1.807) is 54.6 Å². The third-order valence-corrected chi connectivity index (χ3v) is 8.17. The van der Waals surface area contributed by atoms with Crippen molar-refractivity contribution in [2.24, 2.45) is 5.92 Å². The number of imide groups is 1. The van der Waals surface area contributed by atoms with Crippen molar-refractivity contribution in [3.8, 4) is 5.75 Å². The third-order valence-electron chi connectivity index (χ3n) is 6.90. The van der Waals surface area contributed by atoms with Gasteiger partial charge in [-0.2, -0.15) is 8.42 Å². The second-order valence-corrected chi connectivity index (χ2v) is 10.9. The van der Waals surface area contributed by atoms with Crippen LogP contribution in [0, 0.1) is 16.0 Å². The SMILES string of the molecule is O=C1[C@@H]2[C@@H](c3ccc(OS(=O)(=O)c4ccccc4)cc3)N(c3ccccc3)O[C@H]2C(=O)N1c1ccc([N+](=O)[O-])cc1. The quantitative estimate of drug-likeness (QED) is 0.137. The number of benzene rings is 4. The fourth-order valence-electron chi connectivity index (χ4n) is 5.01. The van der Waals surface area contributed by atoms with Gasteiger partial charge in [0.2, 0.25) is 5.91 Å². The predicted octanol–water partition coefficient (Wildman–Crippen LogP) is 4.41. The predicted molar refractivity (Wildman–Crippen MR) is 146 cm³/mol. The summed E-state index contributed by atoms with van der Waals surface area (Å²) < 4.78 is 30.6. The number of nitro benzene ring substituents is 1. The Hall–Kier alpha value is -5.07. The van der Waals surface area contributed by atoms with Gasteiger partial charge >= 0.3 is 10.1 Å². The molecule has 0 aliphatic carbocycles. The number of hydroxylamine groups is 1. The van der Waals surface area contributed by atoms with Crippen LogP contribution in [-0.4, -0.2) is 31.3 Å². The van der Waals surface area contributed by atoms with Gasteiger partial charge in [-0.25, -0.2) is 9.96 Å². The van der Waals surface area contributed by atoms with E-state index < -0.39 is 44.9 Å². The molecule has 0 spiro atoms. The van der Waals surface area contributed by atoms with Gasteiger partial charge in [-0.15, -0.1) is 0 Å². The van der Waals surface area contributed by atoms with Crippen molar-refractivity contribution in [2.75, 3.05) is 9.96 Å². The van der Waals surface area contributed by atoms with Crippen molar-refractivity contribution in [3.05, 3.63) is 125 Å². The van der Waals surface area contributed by atoms with Crippen molar-refractivity contribution >= 4 is 39.0 Å². The van der Waals surface area contributed by atoms with Crippen molar-refractivity contribution in [3.63, 3.8) is 0 Å². The fourth-order valence-corrected chi connectivity index (χ4v) is 5.96. The van der Waals surface area contributed by atoms with Gasteiger partial charge in [0.25, 0.3) is 11.6 Å². The minimum absolute atomic E-state index is 0.00719. The molecule has 0 unspecified atom stereocenters. The van der Waals surface area contributed by atoms with Crippen LogP contribution >= 0.6 is 0 Å². The molecule has 6 rings (SSSR count). The minimum Gasteiger partial charge on any atom is -0.379 e. The maximum atomic E-state index is 13.7. The first-order valence-corrected chi connectivity index (χ1v) is 13.9. The smallest absolute Gasteiger partial charge is 0.339 e. The Morgan fingerprint density at radius 1 is 0.756 bits per heavy atom. The van der Waals surface area contributed by atoms with E-state index in [9.17, 15) is 28.1 Å². The number of carbonyl (C=O) groups excluding carboxylic acids is 2. The van der Waals surface area contributed by atoms with Crippen LogP contribution in [-0.2, 0) is 24.5 Å². The fraction of sp³-hybridized carbons (Fsp3) is 0.103. The van der Waals surface area contributed by atoms with Gasteiger partial charge < -0.3 is 4.18 Å². The lowest BCUT2D eigenvalue weighted by Crippen LogP contribution is -2.37. The first kappa shape index (κ1) is 26.2. The van der Waals surface area contributed by atoms with Crippen LogP contribution in [0.15, 0.2) is 114 Å². The Labute approximate surface area is 234 Å². The second kappa shape index (κ2) is 10.2. The highest BCUT2D eigenvalue weighted by molar-refractivity contribution is 7.87. The van der Waals surface area contributed by atoms with Crippen LogP contribution in [0.3, 0.4) is 0 Å². The zero-order valence-corrected chi connectivity index (χ0v) is 22.0. The number of nitro groups is 1. The van der Waals surface area contributed by atoms with E-state index in [1.807, 2.05) is 6.07 Å². The summed E-state index contributed by atoms with van der Waals surface area (Å²) in [6, 6.07) is 27.3. The number of para-hydroxylation sites is 1. The van der Waals surface area contributed by atoms with Gasteiger partial charge in [0.15, 0.2) is 6.10 Å². The van der Waals surface area contributed by atoms with Crippen LogP contribution < -0.4 is 14.1 Å². The van der Waals surface area contributed by atoms with Crippen molar-refractivity contribution in [1.29, 1.82) is 0 Å². The van der Waals surface area contributed by atoms with Crippen LogP contribution in [0.5, 0.6) is 5.75 Å². The van der Waals surface area contributed by atoms with E-state index in [2.05, 4.69) is 0 Å². The zero-order valence-electron chi connectivity index (χ0n) is 21.1. The van der Waals surface area contributed by atoms with Gasteiger partial charge in [-0.05, 0) is 54.1 Å². The summed E-state index contributed by atoms with van der Waals surface area (Å²) in [5.74, 6) is -1.99. The van der Waals surface area contributed by atoms with Gasteiger partial charge in [-0.3, -0.25) is 24.5 Å². The standard InChI is InChI=1S/C29H21N3O8S/c33-28-25-26(19-11-17-23(18-12-19)40-41(37,38)24-9-5-2-6-10-24)31(21-7-3-1-4-8-21)39-27(25)29(34)30(28)20-13-15-22(16-14-20)32(35)36/h1-18,25-27H/t25-,26-,27-/m1/s1. The molecular weight excluding hydrogens is 550 g/mol. The lowest BCUT2D eigenvalue weighted by Gasteiger charge is -2.28. The first-order chi connectivity index (χ1) is 19.7. The Morgan fingerprint density at radius 3 is 1.98 bits per heavy atom. The minimum atomic E-state index is -4.06. The lowest BCUT2D eigenvalue weighted by molar-refractivity contribution is -0.384. The number of rotatable bonds is 7. The van der Waals surface area contributed by atoms with Crippen molar-refractivity contribution in [2.45, 2.75) is 17.0 Å². The number of non-ortho nitro benzene ring substituents is 1. The highest BCUT2D eigenvalue weighted by Gasteiger charge is 2.60. The molecular formula is C29H21N3O8S. The number of amides is 2. The van der Waals surface area contributed by atoms with Crippen LogP contribution in [0.1, 0.15) is 11.6 Å². The number of carbonyl (C=O) groups is 2. The molecule has 2 fully saturated rings. The summed E-state index contributed by atoms with van der Waals surface area (Å²) in [5, 5.41) is 12.6. The number of nitrogens with zero attached hydrogens (tertiary/aromatic N) is 3. The molecule has 4 aromatic carbocycles. The molecule has 2 amide bonds. The Morgan fingerprint density at radius 2 is 1.37 bits per heavy atom. The molecule has 41 heavy (non-hydrogen) atoms. The average molecular weight is 572 g/mol. The number of hydrogen-bond donors (Lipinski definition) is 0. The molecule has 2 aliphatic heterocycles. The molecule has 3 atom stereocenters. The monoisotopic (exact) mass is 571 g/mol. The molecule has 0 aromatic heterocycles. The first-order valence-electron chi connectivity index (χ1n) is 12.5. The van der Waals surface area contributed by atoms with Crippen molar-refractivity contribution < 1.29 is 32.0 Å². The van der Waals surface area contributed by atoms with Gasteiger partial charge in [0.05, 0.1) is 22.3 Å². The summed E-state index contributed by atoms with van der Waals surface area (Å²) in [4.78, 5) is 44.8. The van der Waals surface area contributed by atoms with Crippen LogP contribution in [0.2, 0.25) is 0 Å². The summed E-state index contributed by atoms with van der Waals surface area (Å²) >= 11 is 0. The summed E-state index contributed by atoms with van der Waals surface area (Å²) in [5.41, 5.74) is 1.22. The number of hydrogen-bond acceptors (Lipinski definition) is 9. The highest BCUT2D eigenvalue weighted by atomic mass is 32.2. The van der Waals surface area contributed by atoms with Crippen molar-refractivity contribution in [1.82, 2.24) is 0 Å². The molecule has 0 radical (unpaired) electrons. The maximum Gasteiger partial charge on any atom is 0.339 e. The van der Waals surface area contributed by atoms with Gasteiger partial charge in [-0.1, -0.05) is 48.5 Å². The number of anilines is 2. The number of fused-ring (bicyclic) bond motifs is 1. The van der Waals surface area contributed by atoms with E-state index >= 15 is 0 Å². The largest absolute Gasteiger partial charge is 0.379 e. The third kappa shape index (κ3) is 4.68. The Bertz CT molecular complexity index is 1730. The molecule has 11 nitrogen and oxygen atoms in total. The summed E-state index contributed by atoms with van der Waals surface area (Å²) in [6.45, 7) is 0. The average Bonchev–Trinajstić information content (AvgIpc) is 3.49. The summed E-state index contributed by atoms with van der Waals surface area (Å²) in [6.07, 6.45) is -1.14. The van der Waals surface area contributed by atoms with Gasteiger partial charge in [0, 0.05) is 12.1 Å². The Kier molecular flexibility index (Phi) is 6.48. The van der Waals surface area contributed by atoms with E-state index in [1.165, 1.54) is 53.6 Å². The lowest BCUT2D eigenvalue weighted by atomic mass is 9.90. The van der Waals surface area contributed by atoms with Gasteiger partial charge in [0.1, 0.15) is 16.6 Å². The molecule has 0 saturated carbocycles. The molecule has 0 bridgehead atoms. The molecule has 2 saturated heterocycles. The second-order valence-electron chi connectivity index (χ2n) is 9.36.